The van der Waals surface area contributed by atoms with Crippen LogP contribution in [0.4, 0.5) is 61.5 Å². The minimum Gasteiger partial charge on any atom is -0.319 e. The van der Waals surface area contributed by atoms with Crippen molar-refractivity contribution in [3.8, 4) is 0 Å². The molecule has 0 aliphatic carbocycles. The van der Waals surface area contributed by atoms with Crippen molar-refractivity contribution in [1.29, 1.82) is 0 Å². The highest BCUT2D eigenvalue weighted by Crippen LogP contribution is 2.39. The third-order valence-electron chi connectivity index (χ3n) is 1.18. The molecule has 0 bridgehead atoms. The van der Waals surface area contributed by atoms with E-state index in [0.717, 1.165) is 0 Å². The second-order valence-corrected chi connectivity index (χ2v) is 2.92. The number of hydrogen-bond donors (Lipinski definition) is 0. The highest BCUT2D eigenvalue weighted by molar-refractivity contribution is 4.77. The number of ether oxygens (including phenoxy) is 2. The first-order valence-electron chi connectivity index (χ1n) is 6.25. The number of rotatable bonds is 7. The van der Waals surface area contributed by atoms with E-state index < -0.39 is 45.2 Å². The third-order valence-corrected chi connectivity index (χ3v) is 1.18. The van der Waals surface area contributed by atoms with Gasteiger partial charge in [0.1, 0.15) is 0 Å². The van der Waals surface area contributed by atoms with E-state index in [0.29, 0.717) is 21.5 Å². The molecule has 0 unspecified atom stereocenters. The molecule has 0 atom stereocenters. The average Bonchev–Trinajstić information content (AvgIpc) is 2.67. The van der Waals surface area contributed by atoms with Gasteiger partial charge in [0.2, 0.25) is 0 Å². The molecule has 28 heavy (non-hydrogen) atoms. The van der Waals surface area contributed by atoms with Gasteiger partial charge in [-0.2, -0.15) is 26.3 Å². The topological polar surface area (TPSA) is 18.5 Å². The summed E-state index contributed by atoms with van der Waals surface area (Å²) >= 11 is 0. The van der Waals surface area contributed by atoms with Crippen LogP contribution in [-0.4, -0.2) is 73.4 Å². The molecule has 0 aromatic rings. The van der Waals surface area contributed by atoms with Crippen molar-refractivity contribution in [3.05, 3.63) is 0 Å². The molecule has 0 aromatic carbocycles. The summed E-state index contributed by atoms with van der Waals surface area (Å²) in [5, 5.41) is 0. The largest absolute Gasteiger partial charge is 0.426 e. The second kappa shape index (κ2) is 28.2. The standard InChI is InChI=1S/C5H4F8O.C2H4F2O.C2H5F.3CH3F/c6-1-3(8,9)5(12,13)14-4(10,11)2-7;3-1-5-2-4;1-2-3;3*1-2/h1-2H2;1-2H2;2H2,1H3;3*1H3. The van der Waals surface area contributed by atoms with Gasteiger partial charge in [0, 0.05) is 0 Å². The summed E-state index contributed by atoms with van der Waals surface area (Å²) in [6.45, 7) is -6.47. The minimum absolute atomic E-state index is 0.250. The van der Waals surface area contributed by atoms with Crippen molar-refractivity contribution in [2.75, 3.05) is 55.3 Å². The number of alkyl halides is 14. The lowest BCUT2D eigenvalue weighted by atomic mass is 10.3. The smallest absolute Gasteiger partial charge is 0.319 e. The summed E-state index contributed by atoms with van der Waals surface area (Å²) in [5.74, 6) is -5.42. The predicted octanol–water partition coefficient (Wildman–Crippen LogP) is 6.35. The van der Waals surface area contributed by atoms with Crippen LogP contribution < -0.4 is 0 Å². The Kier molecular flexibility index (Phi) is 41.6. The summed E-state index contributed by atoms with van der Waals surface area (Å²) in [6.07, 6.45) is -10.8. The van der Waals surface area contributed by atoms with Crippen LogP contribution in [-0.2, 0) is 9.47 Å². The Morgan fingerprint density at radius 3 is 1.04 bits per heavy atom. The average molecular weight is 464 g/mol. The fraction of sp³-hybridized carbons (Fsp3) is 1.00. The normalized spacial score (nSPS) is 10.1. The quantitative estimate of drug-likeness (QED) is 0.409. The maximum Gasteiger partial charge on any atom is 0.426 e. The molecule has 0 saturated heterocycles. The minimum atomic E-state index is -5.77. The van der Waals surface area contributed by atoms with Crippen molar-refractivity contribution in [2.45, 2.75) is 25.1 Å². The molecule has 0 aliphatic rings. The van der Waals surface area contributed by atoms with Crippen LogP contribution in [0.25, 0.3) is 0 Å². The molecule has 0 fully saturated rings. The molecular formula is C12H22F14O2. The highest BCUT2D eigenvalue weighted by Gasteiger charge is 2.62. The van der Waals surface area contributed by atoms with Crippen molar-refractivity contribution in [2.24, 2.45) is 0 Å². The van der Waals surface area contributed by atoms with E-state index in [2.05, 4.69) is 9.47 Å². The maximum absolute atomic E-state index is 12.0. The van der Waals surface area contributed by atoms with Crippen LogP contribution in [0.1, 0.15) is 6.92 Å². The Hall–Kier alpha value is -1.06. The lowest BCUT2D eigenvalue weighted by Gasteiger charge is -2.26. The summed E-state index contributed by atoms with van der Waals surface area (Å²) in [7, 11) is 1.50. The number of hydrogen-bond acceptors (Lipinski definition) is 2. The van der Waals surface area contributed by atoms with E-state index in [1.54, 1.807) is 0 Å². The first-order chi connectivity index (χ1) is 12.9. The highest BCUT2D eigenvalue weighted by atomic mass is 19.3. The van der Waals surface area contributed by atoms with Crippen molar-refractivity contribution < 1.29 is 70.9 Å². The molecule has 0 rings (SSSR count). The van der Waals surface area contributed by atoms with E-state index in [-0.39, 0.29) is 6.67 Å². The molecule has 0 heterocycles. The lowest BCUT2D eigenvalue weighted by Crippen LogP contribution is -2.49. The van der Waals surface area contributed by atoms with Gasteiger partial charge in [0.15, 0.2) is 27.1 Å². The molecule has 0 radical (unpaired) electrons. The lowest BCUT2D eigenvalue weighted by molar-refractivity contribution is -0.432. The van der Waals surface area contributed by atoms with Crippen molar-refractivity contribution in [3.63, 3.8) is 0 Å². The first-order valence-corrected chi connectivity index (χ1v) is 6.25. The Balaban J connectivity index is -0.0000000714. The fourth-order valence-corrected chi connectivity index (χ4v) is 0.396. The zero-order chi connectivity index (χ0) is 24.4. The molecule has 0 saturated carbocycles. The van der Waals surface area contributed by atoms with Crippen LogP contribution in [0.5, 0.6) is 0 Å². The fourth-order valence-electron chi connectivity index (χ4n) is 0.396. The molecule has 0 N–H and O–H groups in total. The third kappa shape index (κ3) is 29.7. The Labute approximate surface area is 152 Å². The van der Waals surface area contributed by atoms with E-state index in [1.807, 2.05) is 0 Å². The summed E-state index contributed by atoms with van der Waals surface area (Å²) < 4.78 is 159. The van der Waals surface area contributed by atoms with Gasteiger partial charge in [0.25, 0.3) is 0 Å². The predicted molar refractivity (Wildman–Crippen MR) is 73.7 cm³/mol. The molecule has 16 heteroatoms. The summed E-state index contributed by atoms with van der Waals surface area (Å²) in [4.78, 5) is 0. The van der Waals surface area contributed by atoms with Crippen LogP contribution in [0, 0.1) is 0 Å². The van der Waals surface area contributed by atoms with Gasteiger partial charge in [0.05, 0.1) is 28.2 Å². The van der Waals surface area contributed by atoms with Gasteiger partial charge < -0.3 is 4.74 Å². The first kappa shape index (κ1) is 41.3. The van der Waals surface area contributed by atoms with Crippen LogP contribution in [0.15, 0.2) is 0 Å². The second-order valence-electron chi connectivity index (χ2n) is 2.92. The van der Waals surface area contributed by atoms with Gasteiger partial charge >= 0.3 is 18.1 Å². The van der Waals surface area contributed by atoms with Gasteiger partial charge in [-0.25, -0.2) is 22.3 Å². The molecular weight excluding hydrogens is 442 g/mol. The SMILES string of the molecule is CCF.CF.CF.CF.FCC(F)(F)OC(F)(F)C(F)(F)CF.FCOCF. The zero-order valence-electron chi connectivity index (χ0n) is 15.1. The summed E-state index contributed by atoms with van der Waals surface area (Å²) in [5.41, 5.74) is 0. The molecule has 0 amide bonds. The van der Waals surface area contributed by atoms with Crippen LogP contribution >= 0.6 is 0 Å². The van der Waals surface area contributed by atoms with Crippen molar-refractivity contribution >= 4 is 0 Å². The van der Waals surface area contributed by atoms with Crippen molar-refractivity contribution in [1.82, 2.24) is 0 Å². The molecule has 0 aromatic heterocycles. The van der Waals surface area contributed by atoms with Gasteiger partial charge in [-0.3, -0.25) is 17.6 Å². The maximum atomic E-state index is 12.0. The molecule has 0 spiro atoms. The van der Waals surface area contributed by atoms with E-state index in [1.165, 1.54) is 6.92 Å². The van der Waals surface area contributed by atoms with E-state index in [4.69, 9.17) is 0 Å². The van der Waals surface area contributed by atoms with Gasteiger partial charge in [-0.05, 0) is 6.92 Å². The van der Waals surface area contributed by atoms with Gasteiger partial charge in [-0.1, -0.05) is 0 Å². The van der Waals surface area contributed by atoms with E-state index >= 15 is 0 Å². The van der Waals surface area contributed by atoms with Gasteiger partial charge in [-0.15, -0.1) is 0 Å². The summed E-state index contributed by atoms with van der Waals surface area (Å²) in [6, 6.07) is 0. The van der Waals surface area contributed by atoms with Crippen LogP contribution in [0.2, 0.25) is 0 Å². The molecule has 180 valence electrons. The Morgan fingerprint density at radius 2 is 0.893 bits per heavy atom. The Bertz CT molecular complexity index is 254. The van der Waals surface area contributed by atoms with E-state index in [9.17, 15) is 61.5 Å². The number of halogens is 14. The molecule has 0 aliphatic heterocycles. The van der Waals surface area contributed by atoms with Crippen LogP contribution in [0.3, 0.4) is 0 Å². The Morgan fingerprint density at radius 1 is 0.607 bits per heavy atom. The monoisotopic (exact) mass is 464 g/mol. The molecule has 2 nitrogen and oxygen atoms in total. The zero-order valence-corrected chi connectivity index (χ0v) is 15.1.